The Labute approximate surface area is 127 Å². The van der Waals surface area contributed by atoms with Crippen molar-refractivity contribution in [1.29, 1.82) is 0 Å². The monoisotopic (exact) mass is 302 g/mol. The van der Waals surface area contributed by atoms with Crippen LogP contribution in [0.2, 0.25) is 0 Å². The number of halogens is 1. The van der Waals surface area contributed by atoms with E-state index in [9.17, 15) is 14.0 Å². The molecule has 2 aromatic carbocycles. The highest BCUT2D eigenvalue weighted by Crippen LogP contribution is 2.15. The Hall–Kier alpha value is -2.69. The lowest BCUT2D eigenvalue weighted by Gasteiger charge is -2.06. The molecule has 0 aliphatic heterocycles. The lowest BCUT2D eigenvalue weighted by molar-refractivity contribution is 0.0505. The highest BCUT2D eigenvalue weighted by molar-refractivity contribution is 5.96. The van der Waals surface area contributed by atoms with Gasteiger partial charge in [0.05, 0.1) is 17.7 Å². The molecule has 0 heterocycles. The van der Waals surface area contributed by atoms with Gasteiger partial charge < -0.3 is 9.47 Å². The molecule has 0 N–H and O–H groups in total. The first kappa shape index (κ1) is 15.7. The summed E-state index contributed by atoms with van der Waals surface area (Å²) in [7, 11) is 0. The number of hydrogen-bond acceptors (Lipinski definition) is 4. The molecule has 0 radical (unpaired) electrons. The van der Waals surface area contributed by atoms with Gasteiger partial charge in [-0.1, -0.05) is 19.1 Å². The van der Waals surface area contributed by atoms with Crippen LogP contribution < -0.4 is 4.74 Å². The minimum Gasteiger partial charge on any atom is -0.462 e. The Morgan fingerprint density at radius 3 is 2.36 bits per heavy atom. The molecule has 0 atom stereocenters. The molecule has 0 aliphatic rings. The van der Waals surface area contributed by atoms with E-state index in [4.69, 9.17) is 9.47 Å². The van der Waals surface area contributed by atoms with E-state index < -0.39 is 17.8 Å². The molecule has 0 saturated heterocycles. The number of hydrogen-bond donors (Lipinski definition) is 0. The number of ether oxygens (including phenoxy) is 2. The summed E-state index contributed by atoms with van der Waals surface area (Å²) in [5.74, 6) is -1.57. The van der Waals surface area contributed by atoms with E-state index in [0.29, 0.717) is 13.0 Å². The zero-order valence-corrected chi connectivity index (χ0v) is 12.0. The van der Waals surface area contributed by atoms with Gasteiger partial charge >= 0.3 is 11.9 Å². The fourth-order valence-corrected chi connectivity index (χ4v) is 1.75. The van der Waals surface area contributed by atoms with Gasteiger partial charge in [0, 0.05) is 6.07 Å². The lowest BCUT2D eigenvalue weighted by Crippen LogP contribution is -2.11. The lowest BCUT2D eigenvalue weighted by atomic mass is 10.1. The van der Waals surface area contributed by atoms with Gasteiger partial charge in [-0.3, -0.25) is 0 Å². The summed E-state index contributed by atoms with van der Waals surface area (Å²) in [5.41, 5.74) is 0.456. The van der Waals surface area contributed by atoms with Crippen LogP contribution in [0, 0.1) is 5.82 Å². The zero-order valence-electron chi connectivity index (χ0n) is 12.0. The van der Waals surface area contributed by atoms with Crippen LogP contribution >= 0.6 is 0 Å². The molecule has 0 saturated carbocycles. The summed E-state index contributed by atoms with van der Waals surface area (Å²) in [5, 5.41) is 0. The average molecular weight is 302 g/mol. The second-order valence-electron chi connectivity index (χ2n) is 4.56. The van der Waals surface area contributed by atoms with Crippen LogP contribution in [0.15, 0.2) is 48.5 Å². The van der Waals surface area contributed by atoms with Crippen molar-refractivity contribution in [1.82, 2.24) is 0 Å². The van der Waals surface area contributed by atoms with Crippen LogP contribution in [0.3, 0.4) is 0 Å². The van der Waals surface area contributed by atoms with Crippen molar-refractivity contribution in [2.75, 3.05) is 6.61 Å². The molecule has 5 heteroatoms. The zero-order chi connectivity index (χ0) is 15.9. The average Bonchev–Trinajstić information content (AvgIpc) is 2.52. The maximum atomic E-state index is 13.1. The van der Waals surface area contributed by atoms with Gasteiger partial charge in [0.15, 0.2) is 0 Å². The third-order valence-electron chi connectivity index (χ3n) is 2.78. The third-order valence-corrected chi connectivity index (χ3v) is 2.78. The molecule has 114 valence electrons. The summed E-state index contributed by atoms with van der Waals surface area (Å²) < 4.78 is 23.1. The van der Waals surface area contributed by atoms with Crippen LogP contribution in [0.4, 0.5) is 4.39 Å². The number of rotatable bonds is 5. The van der Waals surface area contributed by atoms with Gasteiger partial charge in [-0.25, -0.2) is 14.0 Å². The second kappa shape index (κ2) is 7.36. The fraction of sp³-hybridized carbons (Fsp3) is 0.176. The van der Waals surface area contributed by atoms with E-state index in [2.05, 4.69) is 0 Å². The Morgan fingerprint density at radius 1 is 1.00 bits per heavy atom. The molecular weight excluding hydrogens is 287 g/mol. The molecule has 0 bridgehead atoms. The highest BCUT2D eigenvalue weighted by Gasteiger charge is 2.13. The molecule has 2 aromatic rings. The molecule has 22 heavy (non-hydrogen) atoms. The van der Waals surface area contributed by atoms with Gasteiger partial charge in [-0.2, -0.15) is 0 Å². The van der Waals surface area contributed by atoms with Crippen LogP contribution in [0.5, 0.6) is 5.75 Å². The van der Waals surface area contributed by atoms with E-state index >= 15 is 0 Å². The Bertz CT molecular complexity index is 682. The number of esters is 2. The number of carbonyl (C=O) groups is 2. The molecule has 0 aromatic heterocycles. The molecular formula is C17H15FO4. The standard InChI is InChI=1S/C17H15FO4/c1-2-9-21-16(19)12-5-3-6-13(10-12)17(20)22-15-8-4-7-14(18)11-15/h3-8,10-11H,2,9H2,1H3. The predicted molar refractivity (Wildman–Crippen MR) is 78.4 cm³/mol. The molecule has 0 spiro atoms. The second-order valence-corrected chi connectivity index (χ2v) is 4.56. The van der Waals surface area contributed by atoms with Crippen molar-refractivity contribution in [2.45, 2.75) is 13.3 Å². The quantitative estimate of drug-likeness (QED) is 0.625. The van der Waals surface area contributed by atoms with Crippen molar-refractivity contribution in [3.63, 3.8) is 0 Å². The Kier molecular flexibility index (Phi) is 5.25. The third kappa shape index (κ3) is 4.15. The fourth-order valence-electron chi connectivity index (χ4n) is 1.75. The largest absolute Gasteiger partial charge is 0.462 e. The summed E-state index contributed by atoms with van der Waals surface area (Å²) in [6.07, 6.45) is 0.715. The molecule has 0 amide bonds. The highest BCUT2D eigenvalue weighted by atomic mass is 19.1. The van der Waals surface area contributed by atoms with E-state index in [1.165, 1.54) is 30.3 Å². The molecule has 0 unspecified atom stereocenters. The predicted octanol–water partition coefficient (Wildman–Crippen LogP) is 3.61. The van der Waals surface area contributed by atoms with Gasteiger partial charge in [0.25, 0.3) is 0 Å². The summed E-state index contributed by atoms with van der Waals surface area (Å²) in [4.78, 5) is 23.8. The molecule has 0 aliphatic carbocycles. The van der Waals surface area contributed by atoms with E-state index in [0.717, 1.165) is 6.07 Å². The first-order chi connectivity index (χ1) is 10.6. The smallest absolute Gasteiger partial charge is 0.343 e. The summed E-state index contributed by atoms with van der Waals surface area (Å²) >= 11 is 0. The van der Waals surface area contributed by atoms with Crippen LogP contribution in [0.1, 0.15) is 34.1 Å². The summed E-state index contributed by atoms with van der Waals surface area (Å²) in [6.45, 7) is 2.21. The topological polar surface area (TPSA) is 52.6 Å². The first-order valence-corrected chi connectivity index (χ1v) is 6.85. The number of benzene rings is 2. The van der Waals surface area contributed by atoms with Gasteiger partial charge in [-0.05, 0) is 36.8 Å². The van der Waals surface area contributed by atoms with Gasteiger partial charge in [0.1, 0.15) is 11.6 Å². The van der Waals surface area contributed by atoms with Gasteiger partial charge in [0.2, 0.25) is 0 Å². The van der Waals surface area contributed by atoms with Crippen LogP contribution in [-0.4, -0.2) is 18.5 Å². The Balaban J connectivity index is 2.11. The normalized spacial score (nSPS) is 10.1. The molecule has 0 fully saturated rings. The van der Waals surface area contributed by atoms with Crippen molar-refractivity contribution in [3.05, 3.63) is 65.5 Å². The maximum Gasteiger partial charge on any atom is 0.343 e. The first-order valence-electron chi connectivity index (χ1n) is 6.85. The van der Waals surface area contributed by atoms with Crippen molar-refractivity contribution in [2.24, 2.45) is 0 Å². The number of carbonyl (C=O) groups excluding carboxylic acids is 2. The minimum atomic E-state index is -0.671. The molecule has 4 nitrogen and oxygen atoms in total. The van der Waals surface area contributed by atoms with E-state index in [1.807, 2.05) is 6.92 Å². The maximum absolute atomic E-state index is 13.1. The van der Waals surface area contributed by atoms with Crippen molar-refractivity contribution >= 4 is 11.9 Å². The van der Waals surface area contributed by atoms with E-state index in [1.54, 1.807) is 12.1 Å². The van der Waals surface area contributed by atoms with Crippen molar-refractivity contribution < 1.29 is 23.5 Å². The Morgan fingerprint density at radius 2 is 1.68 bits per heavy atom. The van der Waals surface area contributed by atoms with Crippen LogP contribution in [-0.2, 0) is 4.74 Å². The van der Waals surface area contributed by atoms with Gasteiger partial charge in [-0.15, -0.1) is 0 Å². The van der Waals surface area contributed by atoms with Crippen LogP contribution in [0.25, 0.3) is 0 Å². The minimum absolute atomic E-state index is 0.101. The summed E-state index contributed by atoms with van der Waals surface area (Å²) in [6, 6.07) is 11.3. The van der Waals surface area contributed by atoms with Crippen molar-refractivity contribution in [3.8, 4) is 5.75 Å². The molecule has 2 rings (SSSR count). The SMILES string of the molecule is CCCOC(=O)c1cccc(C(=O)Oc2cccc(F)c2)c1. The van der Waals surface area contributed by atoms with E-state index in [-0.39, 0.29) is 16.9 Å².